The first kappa shape index (κ1) is 14.0. The highest BCUT2D eigenvalue weighted by molar-refractivity contribution is 5.92. The summed E-state index contributed by atoms with van der Waals surface area (Å²) in [6.07, 6.45) is 3.29. The third-order valence-corrected chi connectivity index (χ3v) is 3.47. The molecule has 0 bridgehead atoms. The van der Waals surface area contributed by atoms with Crippen LogP contribution in [0.4, 0.5) is 10.1 Å². The average molecular weight is 266 g/mol. The number of nitrogens with zero attached hydrogens (tertiary/aromatic N) is 1. The number of carbonyl (C=O) groups excluding carboxylic acids is 1. The number of carbonyl (C=O) groups is 1. The molecule has 1 amide bonds. The van der Waals surface area contributed by atoms with E-state index in [4.69, 9.17) is 5.11 Å². The maximum atomic E-state index is 13.4. The molecular formula is C14H19FN2O2. The molecular weight excluding hydrogens is 247 g/mol. The van der Waals surface area contributed by atoms with Crippen molar-refractivity contribution in [3.05, 3.63) is 30.1 Å². The molecule has 0 aliphatic heterocycles. The molecule has 104 valence electrons. The van der Waals surface area contributed by atoms with Gasteiger partial charge in [0, 0.05) is 12.6 Å². The highest BCUT2D eigenvalue weighted by atomic mass is 19.1. The Balaban J connectivity index is 1.90. The largest absolute Gasteiger partial charge is 0.395 e. The molecule has 5 heteroatoms. The van der Waals surface area contributed by atoms with E-state index in [9.17, 15) is 9.18 Å². The topological polar surface area (TPSA) is 52.6 Å². The minimum atomic E-state index is -0.437. The van der Waals surface area contributed by atoms with Crippen LogP contribution < -0.4 is 5.32 Å². The first-order valence-corrected chi connectivity index (χ1v) is 6.60. The van der Waals surface area contributed by atoms with Crippen LogP contribution in [0.15, 0.2) is 24.3 Å². The minimum absolute atomic E-state index is 0.0312. The second-order valence-corrected chi connectivity index (χ2v) is 4.81. The molecule has 4 nitrogen and oxygen atoms in total. The van der Waals surface area contributed by atoms with Gasteiger partial charge < -0.3 is 10.4 Å². The van der Waals surface area contributed by atoms with Gasteiger partial charge in [-0.1, -0.05) is 18.6 Å². The summed E-state index contributed by atoms with van der Waals surface area (Å²) < 4.78 is 13.4. The molecule has 0 unspecified atom stereocenters. The van der Waals surface area contributed by atoms with Gasteiger partial charge in [0.15, 0.2) is 0 Å². The summed E-state index contributed by atoms with van der Waals surface area (Å²) in [5.41, 5.74) is 0.199. The van der Waals surface area contributed by atoms with Crippen LogP contribution in [0.25, 0.3) is 0 Å². The van der Waals surface area contributed by atoms with Crippen molar-refractivity contribution in [1.29, 1.82) is 0 Å². The van der Waals surface area contributed by atoms with Crippen molar-refractivity contribution in [3.8, 4) is 0 Å². The first-order valence-electron chi connectivity index (χ1n) is 6.60. The predicted octanol–water partition coefficient (Wildman–Crippen LogP) is 1.61. The van der Waals surface area contributed by atoms with Gasteiger partial charge in [0.25, 0.3) is 0 Å². The Morgan fingerprint density at radius 1 is 1.42 bits per heavy atom. The highest BCUT2D eigenvalue weighted by Gasteiger charge is 2.26. The number of hydrogen-bond donors (Lipinski definition) is 2. The fraction of sp³-hybridized carbons (Fsp3) is 0.500. The Morgan fingerprint density at radius 3 is 2.74 bits per heavy atom. The lowest BCUT2D eigenvalue weighted by Gasteiger charge is -2.36. The van der Waals surface area contributed by atoms with Gasteiger partial charge in [0.1, 0.15) is 5.82 Å². The lowest BCUT2D eigenvalue weighted by atomic mass is 9.91. The summed E-state index contributed by atoms with van der Waals surface area (Å²) in [5.74, 6) is -0.682. The fourth-order valence-corrected chi connectivity index (χ4v) is 2.21. The maximum absolute atomic E-state index is 13.4. The van der Waals surface area contributed by atoms with Gasteiger partial charge in [0.05, 0.1) is 18.8 Å². The van der Waals surface area contributed by atoms with Crippen LogP contribution in [0.3, 0.4) is 0 Å². The van der Waals surface area contributed by atoms with Gasteiger partial charge >= 0.3 is 0 Å². The van der Waals surface area contributed by atoms with E-state index in [-0.39, 0.29) is 24.7 Å². The van der Waals surface area contributed by atoms with E-state index in [1.54, 1.807) is 12.1 Å². The monoisotopic (exact) mass is 266 g/mol. The molecule has 1 aromatic rings. The van der Waals surface area contributed by atoms with Crippen LogP contribution in [0.5, 0.6) is 0 Å². The molecule has 0 saturated heterocycles. The summed E-state index contributed by atoms with van der Waals surface area (Å²) in [4.78, 5) is 13.9. The number of benzene rings is 1. The van der Waals surface area contributed by atoms with E-state index in [2.05, 4.69) is 5.32 Å². The molecule has 0 radical (unpaired) electrons. The van der Waals surface area contributed by atoms with Crippen LogP contribution in [0.1, 0.15) is 19.3 Å². The minimum Gasteiger partial charge on any atom is -0.395 e. The molecule has 0 aromatic heterocycles. The van der Waals surface area contributed by atoms with Gasteiger partial charge in [-0.15, -0.1) is 0 Å². The van der Waals surface area contributed by atoms with Crippen LogP contribution >= 0.6 is 0 Å². The number of amides is 1. The van der Waals surface area contributed by atoms with Crippen molar-refractivity contribution in [1.82, 2.24) is 4.90 Å². The number of para-hydroxylation sites is 1. The summed E-state index contributed by atoms with van der Waals surface area (Å²) in [6, 6.07) is 6.48. The maximum Gasteiger partial charge on any atom is 0.238 e. The number of aliphatic hydroxyl groups is 1. The molecule has 1 fully saturated rings. The standard InChI is InChI=1S/C14H19FN2O2/c15-12-6-1-2-7-13(12)16-14(19)10-17(8-9-18)11-4-3-5-11/h1-2,6-7,11,18H,3-5,8-10H2,(H,16,19). The molecule has 1 aliphatic rings. The lowest BCUT2D eigenvalue weighted by Crippen LogP contribution is -2.45. The summed E-state index contributed by atoms with van der Waals surface area (Å²) in [6.45, 7) is 0.707. The molecule has 0 heterocycles. The normalized spacial score (nSPS) is 15.3. The van der Waals surface area contributed by atoms with Gasteiger partial charge in [0.2, 0.25) is 5.91 Å². The number of halogens is 1. The Labute approximate surface area is 112 Å². The SMILES string of the molecule is O=C(CN(CCO)C1CCC1)Nc1ccccc1F. The van der Waals surface area contributed by atoms with E-state index in [0.717, 1.165) is 12.8 Å². The third kappa shape index (κ3) is 3.75. The van der Waals surface area contributed by atoms with E-state index < -0.39 is 5.82 Å². The summed E-state index contributed by atoms with van der Waals surface area (Å²) in [7, 11) is 0. The van der Waals surface area contributed by atoms with Crippen molar-refractivity contribution in [3.63, 3.8) is 0 Å². The highest BCUT2D eigenvalue weighted by Crippen LogP contribution is 2.24. The fourth-order valence-electron chi connectivity index (χ4n) is 2.21. The zero-order valence-corrected chi connectivity index (χ0v) is 10.8. The van der Waals surface area contributed by atoms with Gasteiger partial charge in [-0.05, 0) is 25.0 Å². The zero-order valence-electron chi connectivity index (χ0n) is 10.8. The predicted molar refractivity (Wildman–Crippen MR) is 71.3 cm³/mol. The Kier molecular flexibility index (Phi) is 4.87. The van der Waals surface area contributed by atoms with E-state index in [1.165, 1.54) is 18.6 Å². The van der Waals surface area contributed by atoms with E-state index >= 15 is 0 Å². The first-order chi connectivity index (χ1) is 9.20. The molecule has 1 aromatic carbocycles. The lowest BCUT2D eigenvalue weighted by molar-refractivity contribution is -0.118. The van der Waals surface area contributed by atoms with Crippen molar-refractivity contribution in [2.45, 2.75) is 25.3 Å². The molecule has 1 saturated carbocycles. The van der Waals surface area contributed by atoms with Gasteiger partial charge in [-0.2, -0.15) is 0 Å². The Bertz CT molecular complexity index is 435. The van der Waals surface area contributed by atoms with Crippen LogP contribution in [-0.2, 0) is 4.79 Å². The van der Waals surface area contributed by atoms with E-state index in [0.29, 0.717) is 12.6 Å². The smallest absolute Gasteiger partial charge is 0.238 e. The second kappa shape index (κ2) is 6.63. The quantitative estimate of drug-likeness (QED) is 0.822. The number of hydrogen-bond acceptors (Lipinski definition) is 3. The van der Waals surface area contributed by atoms with Crippen molar-refractivity contribution < 1.29 is 14.3 Å². The molecule has 1 aliphatic carbocycles. The Hall–Kier alpha value is -1.46. The number of rotatable bonds is 6. The molecule has 0 spiro atoms. The Morgan fingerprint density at radius 2 is 2.16 bits per heavy atom. The molecule has 0 atom stereocenters. The second-order valence-electron chi connectivity index (χ2n) is 4.81. The summed E-state index contributed by atoms with van der Waals surface area (Å²) >= 11 is 0. The number of aliphatic hydroxyl groups excluding tert-OH is 1. The molecule has 2 rings (SSSR count). The summed E-state index contributed by atoms with van der Waals surface area (Å²) in [5, 5.41) is 11.6. The average Bonchev–Trinajstić information content (AvgIpc) is 2.30. The molecule has 2 N–H and O–H groups in total. The van der Waals surface area contributed by atoms with Crippen molar-refractivity contribution in [2.24, 2.45) is 0 Å². The molecule has 19 heavy (non-hydrogen) atoms. The van der Waals surface area contributed by atoms with Gasteiger partial charge in [-0.25, -0.2) is 4.39 Å². The number of anilines is 1. The van der Waals surface area contributed by atoms with Crippen LogP contribution in [0, 0.1) is 5.82 Å². The zero-order chi connectivity index (χ0) is 13.7. The van der Waals surface area contributed by atoms with Crippen LogP contribution in [-0.4, -0.2) is 41.7 Å². The van der Waals surface area contributed by atoms with E-state index in [1.807, 2.05) is 4.90 Å². The van der Waals surface area contributed by atoms with Crippen LogP contribution in [0.2, 0.25) is 0 Å². The number of nitrogens with one attached hydrogen (secondary N) is 1. The van der Waals surface area contributed by atoms with Crippen molar-refractivity contribution in [2.75, 3.05) is 25.0 Å². The van der Waals surface area contributed by atoms with Gasteiger partial charge in [-0.3, -0.25) is 9.69 Å². The third-order valence-electron chi connectivity index (χ3n) is 3.47. The van der Waals surface area contributed by atoms with Crippen molar-refractivity contribution >= 4 is 11.6 Å².